The second kappa shape index (κ2) is 5.83. The van der Waals surface area contributed by atoms with Gasteiger partial charge >= 0.3 is 5.97 Å². The summed E-state index contributed by atoms with van der Waals surface area (Å²) in [6, 6.07) is 7.01. The van der Waals surface area contributed by atoms with E-state index in [0.717, 1.165) is 5.75 Å². The van der Waals surface area contributed by atoms with E-state index >= 15 is 0 Å². The Labute approximate surface area is 119 Å². The molecule has 3 rings (SSSR count). The number of hydrogen-bond donors (Lipinski definition) is 0. The molecule has 0 spiro atoms. The molecule has 0 aromatic heterocycles. The normalized spacial score (nSPS) is 26.1. The molecule has 20 heavy (non-hydrogen) atoms. The zero-order chi connectivity index (χ0) is 13.9. The minimum atomic E-state index is -0.361. The molecular formula is C16H20O4. The van der Waals surface area contributed by atoms with Crippen molar-refractivity contribution in [2.75, 3.05) is 7.11 Å². The summed E-state index contributed by atoms with van der Waals surface area (Å²) in [5.74, 6) is 1.55. The fourth-order valence-electron chi connectivity index (χ4n) is 2.95. The molecule has 108 valence electrons. The maximum atomic E-state index is 12.0. The molecule has 0 N–H and O–H groups in total. The molecule has 1 aliphatic heterocycles. The van der Waals surface area contributed by atoms with Crippen LogP contribution in [0, 0.1) is 5.92 Å². The molecule has 2 aliphatic rings. The van der Waals surface area contributed by atoms with Crippen LogP contribution in [0.4, 0.5) is 0 Å². The van der Waals surface area contributed by atoms with Gasteiger partial charge in [0.05, 0.1) is 13.2 Å². The highest BCUT2D eigenvalue weighted by molar-refractivity contribution is 5.80. The first-order chi connectivity index (χ1) is 9.78. The highest BCUT2D eigenvalue weighted by Gasteiger charge is 2.50. The standard InChI is InChI=1S/C16H20O4/c1-18-12-7-9-13(10-8-12)19-16(17)15-14(20-15)11-5-3-2-4-6-11/h7-11,14-15H,2-6H2,1H3/t14-,15+/m1/s1. The number of esters is 1. The summed E-state index contributed by atoms with van der Waals surface area (Å²) in [6.07, 6.45) is 5.90. The zero-order valence-electron chi connectivity index (χ0n) is 11.7. The van der Waals surface area contributed by atoms with E-state index in [2.05, 4.69) is 0 Å². The smallest absolute Gasteiger partial charge is 0.343 e. The first-order valence-electron chi connectivity index (χ1n) is 7.29. The largest absolute Gasteiger partial charge is 0.497 e. The number of carbonyl (C=O) groups is 1. The molecule has 4 nitrogen and oxygen atoms in total. The van der Waals surface area contributed by atoms with Gasteiger partial charge in [0.2, 0.25) is 0 Å². The van der Waals surface area contributed by atoms with Crippen LogP contribution < -0.4 is 9.47 Å². The molecule has 1 aromatic rings. The number of ether oxygens (including phenoxy) is 3. The number of benzene rings is 1. The van der Waals surface area contributed by atoms with Crippen molar-refractivity contribution in [2.24, 2.45) is 5.92 Å². The summed E-state index contributed by atoms with van der Waals surface area (Å²) in [5.41, 5.74) is 0. The summed E-state index contributed by atoms with van der Waals surface area (Å²) in [5, 5.41) is 0. The van der Waals surface area contributed by atoms with Gasteiger partial charge in [0.25, 0.3) is 0 Å². The van der Waals surface area contributed by atoms with Gasteiger partial charge in [-0.3, -0.25) is 0 Å². The van der Waals surface area contributed by atoms with Crippen LogP contribution in [0.2, 0.25) is 0 Å². The van der Waals surface area contributed by atoms with Crippen molar-refractivity contribution in [3.05, 3.63) is 24.3 Å². The molecule has 2 atom stereocenters. The number of rotatable bonds is 4. The number of methoxy groups -OCH3 is 1. The monoisotopic (exact) mass is 276 g/mol. The summed E-state index contributed by atoms with van der Waals surface area (Å²) < 4.78 is 15.9. The van der Waals surface area contributed by atoms with Crippen LogP contribution in [0.25, 0.3) is 0 Å². The molecule has 0 unspecified atom stereocenters. The van der Waals surface area contributed by atoms with Crippen LogP contribution in [0.3, 0.4) is 0 Å². The Hall–Kier alpha value is -1.55. The van der Waals surface area contributed by atoms with Gasteiger partial charge in [-0.05, 0) is 43.0 Å². The Morgan fingerprint density at radius 3 is 2.40 bits per heavy atom. The zero-order valence-corrected chi connectivity index (χ0v) is 11.7. The number of epoxide rings is 1. The quantitative estimate of drug-likeness (QED) is 0.482. The van der Waals surface area contributed by atoms with Gasteiger partial charge in [-0.15, -0.1) is 0 Å². The molecule has 0 radical (unpaired) electrons. The van der Waals surface area contributed by atoms with E-state index in [-0.39, 0.29) is 18.2 Å². The fourth-order valence-corrected chi connectivity index (χ4v) is 2.95. The minimum absolute atomic E-state index is 0.0843. The molecule has 1 saturated carbocycles. The first-order valence-corrected chi connectivity index (χ1v) is 7.29. The molecule has 1 heterocycles. The Morgan fingerprint density at radius 2 is 1.75 bits per heavy atom. The van der Waals surface area contributed by atoms with Gasteiger partial charge in [0.15, 0.2) is 6.10 Å². The van der Waals surface area contributed by atoms with E-state index in [4.69, 9.17) is 14.2 Å². The van der Waals surface area contributed by atoms with Gasteiger partial charge in [-0.1, -0.05) is 19.3 Å². The molecule has 2 fully saturated rings. The maximum absolute atomic E-state index is 12.0. The van der Waals surface area contributed by atoms with Crippen molar-refractivity contribution in [3.8, 4) is 11.5 Å². The van der Waals surface area contributed by atoms with E-state index in [0.29, 0.717) is 11.7 Å². The van der Waals surface area contributed by atoms with Crippen LogP contribution in [-0.4, -0.2) is 25.3 Å². The van der Waals surface area contributed by atoms with E-state index < -0.39 is 0 Å². The summed E-state index contributed by atoms with van der Waals surface area (Å²) >= 11 is 0. The van der Waals surface area contributed by atoms with Crippen molar-refractivity contribution in [3.63, 3.8) is 0 Å². The van der Waals surface area contributed by atoms with E-state index in [1.807, 2.05) is 0 Å². The van der Waals surface area contributed by atoms with Gasteiger partial charge in [-0.25, -0.2) is 4.79 Å². The van der Waals surface area contributed by atoms with Gasteiger partial charge in [0, 0.05) is 0 Å². The first kappa shape index (κ1) is 13.4. The number of carbonyl (C=O) groups excluding carboxylic acids is 1. The Morgan fingerprint density at radius 1 is 1.10 bits per heavy atom. The van der Waals surface area contributed by atoms with Crippen molar-refractivity contribution in [1.82, 2.24) is 0 Å². The van der Waals surface area contributed by atoms with Crippen molar-refractivity contribution in [1.29, 1.82) is 0 Å². The molecule has 4 heteroatoms. The second-order valence-corrected chi connectivity index (χ2v) is 5.52. The highest BCUT2D eigenvalue weighted by Crippen LogP contribution is 2.39. The van der Waals surface area contributed by atoms with Crippen molar-refractivity contribution < 1.29 is 19.0 Å². The summed E-state index contributed by atoms with van der Waals surface area (Å²) in [7, 11) is 1.60. The lowest BCUT2D eigenvalue weighted by atomic mass is 9.86. The molecule has 1 aromatic carbocycles. The van der Waals surface area contributed by atoms with Crippen LogP contribution in [0.15, 0.2) is 24.3 Å². The van der Waals surface area contributed by atoms with Gasteiger partial charge in [-0.2, -0.15) is 0 Å². The fraction of sp³-hybridized carbons (Fsp3) is 0.562. The van der Waals surface area contributed by atoms with E-state index in [1.54, 1.807) is 31.4 Å². The Kier molecular flexibility index (Phi) is 3.92. The molecular weight excluding hydrogens is 256 g/mol. The highest BCUT2D eigenvalue weighted by atomic mass is 16.6. The summed E-state index contributed by atoms with van der Waals surface area (Å²) in [6.45, 7) is 0. The number of hydrogen-bond acceptors (Lipinski definition) is 4. The molecule has 0 amide bonds. The maximum Gasteiger partial charge on any atom is 0.343 e. The topological polar surface area (TPSA) is 48.1 Å². The van der Waals surface area contributed by atoms with Gasteiger partial charge in [0.1, 0.15) is 11.5 Å². The Bertz CT molecular complexity index is 462. The van der Waals surface area contributed by atoms with Crippen LogP contribution >= 0.6 is 0 Å². The lowest BCUT2D eigenvalue weighted by Gasteiger charge is -2.19. The lowest BCUT2D eigenvalue weighted by Crippen LogP contribution is -2.22. The van der Waals surface area contributed by atoms with E-state index in [1.165, 1.54) is 32.1 Å². The summed E-state index contributed by atoms with van der Waals surface area (Å²) in [4.78, 5) is 12.0. The molecule has 0 bridgehead atoms. The third-order valence-corrected chi connectivity index (χ3v) is 4.15. The van der Waals surface area contributed by atoms with Gasteiger partial charge < -0.3 is 14.2 Å². The molecule has 1 aliphatic carbocycles. The predicted octanol–water partition coefficient (Wildman–Crippen LogP) is 2.95. The minimum Gasteiger partial charge on any atom is -0.497 e. The van der Waals surface area contributed by atoms with Crippen LogP contribution in [0.5, 0.6) is 11.5 Å². The third-order valence-electron chi connectivity index (χ3n) is 4.15. The van der Waals surface area contributed by atoms with Crippen molar-refractivity contribution >= 4 is 5.97 Å². The lowest BCUT2D eigenvalue weighted by molar-refractivity contribution is -0.135. The second-order valence-electron chi connectivity index (χ2n) is 5.52. The third kappa shape index (κ3) is 2.96. The van der Waals surface area contributed by atoms with Crippen LogP contribution in [-0.2, 0) is 9.53 Å². The average Bonchev–Trinajstić information content (AvgIpc) is 3.29. The average molecular weight is 276 g/mol. The SMILES string of the molecule is COc1ccc(OC(=O)[C@H]2O[C@@H]2C2CCCCC2)cc1. The molecule has 1 saturated heterocycles. The Balaban J connectivity index is 1.52. The predicted molar refractivity (Wildman–Crippen MR) is 73.9 cm³/mol. The van der Waals surface area contributed by atoms with E-state index in [9.17, 15) is 4.79 Å². The van der Waals surface area contributed by atoms with Crippen molar-refractivity contribution in [2.45, 2.75) is 44.3 Å². The van der Waals surface area contributed by atoms with Crippen LogP contribution in [0.1, 0.15) is 32.1 Å².